The summed E-state index contributed by atoms with van der Waals surface area (Å²) < 4.78 is 0. The Hall–Kier alpha value is -6.71. The van der Waals surface area contributed by atoms with E-state index >= 15 is 0 Å². The van der Waals surface area contributed by atoms with E-state index in [0.717, 1.165) is 44.5 Å². The zero-order chi connectivity index (χ0) is 33.3. The van der Waals surface area contributed by atoms with Crippen LogP contribution in [0.15, 0.2) is 188 Å². The molecule has 0 radical (unpaired) electrons. The minimum Gasteiger partial charge on any atom is -0.208 e. The molecular weight excluding hydrogens is 607 g/mol. The van der Waals surface area contributed by atoms with E-state index < -0.39 is 0 Å². The predicted molar refractivity (Wildman–Crippen MR) is 207 cm³/mol. The predicted octanol–water partition coefficient (Wildman–Crippen LogP) is 12.2. The van der Waals surface area contributed by atoms with Crippen LogP contribution in [0.4, 0.5) is 0 Å². The molecule has 0 N–H and O–H groups in total. The third-order valence-electron chi connectivity index (χ3n) is 9.29. The maximum Gasteiger partial charge on any atom is 0.164 e. The zero-order valence-electron chi connectivity index (χ0n) is 27.2. The van der Waals surface area contributed by atoms with E-state index in [9.17, 15) is 0 Å². The van der Waals surface area contributed by atoms with E-state index in [1.54, 1.807) is 0 Å². The first kappa shape index (κ1) is 29.4. The Morgan fingerprint density at radius 3 is 1.06 bits per heavy atom. The van der Waals surface area contributed by atoms with Crippen LogP contribution >= 0.6 is 0 Å². The van der Waals surface area contributed by atoms with Gasteiger partial charge in [0.2, 0.25) is 0 Å². The molecule has 0 aliphatic rings. The van der Waals surface area contributed by atoms with Gasteiger partial charge in [0.1, 0.15) is 0 Å². The Morgan fingerprint density at radius 1 is 0.200 bits per heavy atom. The van der Waals surface area contributed by atoms with Crippen molar-refractivity contribution in [3.63, 3.8) is 0 Å². The van der Waals surface area contributed by atoms with Gasteiger partial charge in [0, 0.05) is 16.7 Å². The Bertz CT molecular complexity index is 2500. The lowest BCUT2D eigenvalue weighted by molar-refractivity contribution is 1.07. The summed E-state index contributed by atoms with van der Waals surface area (Å²) in [5.74, 6) is 1.91. The summed E-state index contributed by atoms with van der Waals surface area (Å²) in [7, 11) is 0. The first-order valence-electron chi connectivity index (χ1n) is 16.8. The third kappa shape index (κ3) is 5.82. The van der Waals surface area contributed by atoms with Crippen LogP contribution in [0.1, 0.15) is 0 Å². The normalized spacial score (nSPS) is 11.2. The van der Waals surface area contributed by atoms with Crippen molar-refractivity contribution < 1.29 is 0 Å². The third-order valence-corrected chi connectivity index (χ3v) is 9.29. The molecule has 0 fully saturated rings. The number of aromatic nitrogens is 3. The molecule has 0 saturated heterocycles. The van der Waals surface area contributed by atoms with Gasteiger partial charge in [0.05, 0.1) is 0 Å². The quantitative estimate of drug-likeness (QED) is 0.182. The first-order valence-corrected chi connectivity index (χ1v) is 16.8. The molecule has 0 bridgehead atoms. The van der Waals surface area contributed by atoms with Crippen LogP contribution in [0, 0.1) is 0 Å². The molecule has 9 rings (SSSR count). The molecule has 1 heterocycles. The molecule has 0 saturated carbocycles. The smallest absolute Gasteiger partial charge is 0.164 e. The summed E-state index contributed by atoms with van der Waals surface area (Å²) in [6, 6.07) is 66.0. The Labute approximate surface area is 291 Å². The average molecular weight is 638 g/mol. The molecule has 234 valence electrons. The van der Waals surface area contributed by atoms with Crippen molar-refractivity contribution in [1.82, 2.24) is 15.0 Å². The number of benzene rings is 8. The summed E-state index contributed by atoms with van der Waals surface area (Å²) in [6.07, 6.45) is 0. The van der Waals surface area contributed by atoms with Gasteiger partial charge >= 0.3 is 0 Å². The minimum absolute atomic E-state index is 0.635. The van der Waals surface area contributed by atoms with Crippen LogP contribution < -0.4 is 0 Å². The van der Waals surface area contributed by atoms with Gasteiger partial charge in [-0.1, -0.05) is 164 Å². The van der Waals surface area contributed by atoms with E-state index in [1.807, 2.05) is 6.07 Å². The van der Waals surface area contributed by atoms with Crippen LogP contribution in [0.25, 0.3) is 89.1 Å². The molecule has 50 heavy (non-hydrogen) atoms. The van der Waals surface area contributed by atoms with Crippen molar-refractivity contribution in [2.75, 3.05) is 0 Å². The standard InChI is InChI=1S/C47H31N3/c1-2-10-32(11-3-1)35-20-24-36(25-21-35)45-48-46(43-18-8-16-39(30-43)41-26-22-33-12-4-6-14-37(33)28-41)50-47(49-45)44-19-9-17-40(31-44)42-27-23-34-13-5-7-15-38(34)29-42/h1-31H. The average Bonchev–Trinajstić information content (AvgIpc) is 3.21. The molecule has 3 heteroatoms. The monoisotopic (exact) mass is 637 g/mol. The van der Waals surface area contributed by atoms with E-state index in [0.29, 0.717) is 17.5 Å². The van der Waals surface area contributed by atoms with Gasteiger partial charge in [-0.05, 0) is 79.2 Å². The van der Waals surface area contributed by atoms with Gasteiger partial charge in [-0.15, -0.1) is 0 Å². The molecule has 0 spiro atoms. The molecule has 0 unspecified atom stereocenters. The van der Waals surface area contributed by atoms with Crippen molar-refractivity contribution in [2.45, 2.75) is 0 Å². The molecule has 0 atom stereocenters. The van der Waals surface area contributed by atoms with E-state index in [1.165, 1.54) is 27.1 Å². The molecular formula is C47H31N3. The van der Waals surface area contributed by atoms with Crippen molar-refractivity contribution in [3.05, 3.63) is 188 Å². The fraction of sp³-hybridized carbons (Fsp3) is 0. The van der Waals surface area contributed by atoms with Crippen LogP contribution in [0.3, 0.4) is 0 Å². The van der Waals surface area contributed by atoms with Gasteiger partial charge in [-0.3, -0.25) is 0 Å². The SMILES string of the molecule is c1ccc(-c2ccc(-c3nc(-c4cccc(-c5ccc6ccccc6c5)c4)nc(-c4cccc(-c5ccc6ccccc6c5)c4)n3)cc2)cc1. The van der Waals surface area contributed by atoms with Crippen LogP contribution in [0.2, 0.25) is 0 Å². The van der Waals surface area contributed by atoms with Gasteiger partial charge in [-0.2, -0.15) is 0 Å². The van der Waals surface area contributed by atoms with E-state index in [-0.39, 0.29) is 0 Å². The van der Waals surface area contributed by atoms with Crippen molar-refractivity contribution in [3.8, 4) is 67.5 Å². The lowest BCUT2D eigenvalue weighted by Crippen LogP contribution is -2.00. The van der Waals surface area contributed by atoms with E-state index in [2.05, 4.69) is 182 Å². The Balaban J connectivity index is 1.15. The highest BCUT2D eigenvalue weighted by atomic mass is 15.0. The van der Waals surface area contributed by atoms with Crippen LogP contribution in [0.5, 0.6) is 0 Å². The van der Waals surface area contributed by atoms with Gasteiger partial charge in [-0.25, -0.2) is 15.0 Å². The molecule has 8 aromatic carbocycles. The number of fused-ring (bicyclic) bond motifs is 2. The summed E-state index contributed by atoms with van der Waals surface area (Å²) in [5, 5.41) is 4.88. The van der Waals surface area contributed by atoms with Crippen molar-refractivity contribution >= 4 is 21.5 Å². The van der Waals surface area contributed by atoms with Gasteiger partial charge < -0.3 is 0 Å². The Morgan fingerprint density at radius 2 is 0.540 bits per heavy atom. The molecule has 1 aromatic heterocycles. The van der Waals surface area contributed by atoms with Crippen molar-refractivity contribution in [2.24, 2.45) is 0 Å². The number of hydrogen-bond acceptors (Lipinski definition) is 3. The second-order valence-corrected chi connectivity index (χ2v) is 12.5. The highest BCUT2D eigenvalue weighted by Crippen LogP contribution is 2.32. The van der Waals surface area contributed by atoms with Crippen LogP contribution in [-0.2, 0) is 0 Å². The van der Waals surface area contributed by atoms with E-state index in [4.69, 9.17) is 15.0 Å². The maximum absolute atomic E-state index is 5.11. The highest BCUT2D eigenvalue weighted by Gasteiger charge is 2.14. The Kier molecular flexibility index (Phi) is 7.49. The maximum atomic E-state index is 5.11. The minimum atomic E-state index is 0.635. The largest absolute Gasteiger partial charge is 0.208 e. The lowest BCUT2D eigenvalue weighted by Gasteiger charge is -2.11. The number of rotatable bonds is 6. The fourth-order valence-corrected chi connectivity index (χ4v) is 6.62. The van der Waals surface area contributed by atoms with Crippen molar-refractivity contribution in [1.29, 1.82) is 0 Å². The molecule has 9 aromatic rings. The summed E-state index contributed by atoms with van der Waals surface area (Å²) in [5.41, 5.74) is 9.66. The molecule has 0 aliphatic heterocycles. The first-order chi connectivity index (χ1) is 24.7. The fourth-order valence-electron chi connectivity index (χ4n) is 6.62. The summed E-state index contributed by atoms with van der Waals surface area (Å²) in [6.45, 7) is 0. The summed E-state index contributed by atoms with van der Waals surface area (Å²) >= 11 is 0. The molecule has 3 nitrogen and oxygen atoms in total. The van der Waals surface area contributed by atoms with Gasteiger partial charge in [0.15, 0.2) is 17.5 Å². The van der Waals surface area contributed by atoms with Crippen LogP contribution in [-0.4, -0.2) is 15.0 Å². The zero-order valence-corrected chi connectivity index (χ0v) is 27.2. The lowest BCUT2D eigenvalue weighted by atomic mass is 9.99. The second kappa shape index (κ2) is 12.7. The molecule has 0 aliphatic carbocycles. The number of hydrogen-bond donors (Lipinski definition) is 0. The van der Waals surface area contributed by atoms with Gasteiger partial charge in [0.25, 0.3) is 0 Å². The second-order valence-electron chi connectivity index (χ2n) is 12.5. The summed E-state index contributed by atoms with van der Waals surface area (Å²) in [4.78, 5) is 15.3. The topological polar surface area (TPSA) is 38.7 Å². The molecule has 0 amide bonds. The highest BCUT2D eigenvalue weighted by molar-refractivity contribution is 5.89. The number of nitrogens with zero attached hydrogens (tertiary/aromatic N) is 3.